The molecule has 3 aromatic rings. The summed E-state index contributed by atoms with van der Waals surface area (Å²) in [7, 11) is 1.56. The first-order chi connectivity index (χ1) is 14.5. The van der Waals surface area contributed by atoms with Crippen molar-refractivity contribution in [2.24, 2.45) is 0 Å². The van der Waals surface area contributed by atoms with Crippen molar-refractivity contribution in [2.75, 3.05) is 13.7 Å². The van der Waals surface area contributed by atoms with Crippen LogP contribution >= 0.6 is 0 Å². The lowest BCUT2D eigenvalue weighted by Gasteiger charge is -2.35. The zero-order valence-corrected chi connectivity index (χ0v) is 17.0. The predicted octanol–water partition coefficient (Wildman–Crippen LogP) is 4.75. The summed E-state index contributed by atoms with van der Waals surface area (Å²) in [5.74, 6) is 0.459. The van der Waals surface area contributed by atoms with E-state index in [1.807, 2.05) is 4.90 Å². The van der Waals surface area contributed by atoms with Crippen molar-refractivity contribution >= 4 is 11.6 Å². The van der Waals surface area contributed by atoms with Crippen LogP contribution in [0, 0.1) is 0 Å². The number of nitrogens with zero attached hydrogens (tertiary/aromatic N) is 4. The first kappa shape index (κ1) is 20.3. The van der Waals surface area contributed by atoms with E-state index in [2.05, 4.69) is 17.0 Å². The third kappa shape index (κ3) is 3.62. The van der Waals surface area contributed by atoms with Gasteiger partial charge in [-0.05, 0) is 56.0 Å². The molecular weight excluding hydrogens is 390 g/mol. The summed E-state index contributed by atoms with van der Waals surface area (Å²) in [6.45, 7) is 2.72. The average Bonchev–Trinajstić information content (AvgIpc) is 3.21. The van der Waals surface area contributed by atoms with Crippen molar-refractivity contribution in [1.82, 2.24) is 19.5 Å². The van der Waals surface area contributed by atoms with Gasteiger partial charge in [-0.3, -0.25) is 4.79 Å². The van der Waals surface area contributed by atoms with E-state index in [9.17, 15) is 13.6 Å². The smallest absolute Gasteiger partial charge is 0.280 e. The molecule has 0 saturated carbocycles. The van der Waals surface area contributed by atoms with Gasteiger partial charge in [-0.1, -0.05) is 6.92 Å². The molecule has 30 heavy (non-hydrogen) atoms. The van der Waals surface area contributed by atoms with Gasteiger partial charge in [0.1, 0.15) is 17.0 Å². The Kier molecular flexibility index (Phi) is 5.65. The molecule has 1 atom stereocenters. The van der Waals surface area contributed by atoms with Gasteiger partial charge < -0.3 is 9.64 Å². The number of carbonyl (C=O) groups excluding carboxylic acids is 1. The second kappa shape index (κ2) is 8.38. The number of likely N-dealkylation sites (tertiary alicyclic amines) is 1. The molecule has 4 rings (SSSR count). The minimum atomic E-state index is -2.76. The second-order valence-electron chi connectivity index (χ2n) is 7.45. The number of aromatic nitrogens is 3. The maximum Gasteiger partial charge on any atom is 0.280 e. The minimum Gasteiger partial charge on any atom is -0.497 e. The number of carbonyl (C=O) groups is 1. The molecule has 0 aliphatic carbocycles. The van der Waals surface area contributed by atoms with Gasteiger partial charge >= 0.3 is 0 Å². The number of ether oxygens (including phenoxy) is 1. The summed E-state index contributed by atoms with van der Waals surface area (Å²) in [6, 6.07) is 8.46. The predicted molar refractivity (Wildman–Crippen MR) is 109 cm³/mol. The highest BCUT2D eigenvalue weighted by Gasteiger charge is 2.29. The molecule has 2 aromatic heterocycles. The van der Waals surface area contributed by atoms with Crippen molar-refractivity contribution in [2.45, 2.75) is 45.1 Å². The second-order valence-corrected chi connectivity index (χ2v) is 7.45. The first-order valence-electron chi connectivity index (χ1n) is 10.2. The van der Waals surface area contributed by atoms with Crippen LogP contribution in [0.15, 0.2) is 36.5 Å². The molecule has 1 fully saturated rings. The Labute approximate surface area is 173 Å². The van der Waals surface area contributed by atoms with E-state index in [0.717, 1.165) is 30.2 Å². The lowest BCUT2D eigenvalue weighted by atomic mass is 9.99. The third-order valence-electron chi connectivity index (χ3n) is 5.70. The first-order valence-corrected chi connectivity index (χ1v) is 10.2. The molecule has 1 amide bonds. The Morgan fingerprint density at radius 3 is 2.70 bits per heavy atom. The molecule has 0 radical (unpaired) electrons. The average molecular weight is 414 g/mol. The Hall–Kier alpha value is -3.03. The molecule has 8 heteroatoms. The van der Waals surface area contributed by atoms with Gasteiger partial charge in [-0.15, -0.1) is 0 Å². The Bertz CT molecular complexity index is 1050. The molecule has 1 saturated heterocycles. The lowest BCUT2D eigenvalue weighted by molar-refractivity contribution is 0.0609. The number of hydrogen-bond acceptors (Lipinski definition) is 4. The lowest BCUT2D eigenvalue weighted by Crippen LogP contribution is -2.43. The Morgan fingerprint density at radius 1 is 1.27 bits per heavy atom. The van der Waals surface area contributed by atoms with Crippen molar-refractivity contribution in [3.05, 3.63) is 47.8 Å². The number of amides is 1. The highest BCUT2D eigenvalue weighted by Crippen LogP contribution is 2.29. The highest BCUT2D eigenvalue weighted by molar-refractivity contribution is 6.00. The van der Waals surface area contributed by atoms with E-state index in [1.165, 1.54) is 12.3 Å². The molecule has 6 nitrogen and oxygen atoms in total. The molecule has 1 unspecified atom stereocenters. The summed E-state index contributed by atoms with van der Waals surface area (Å²) >= 11 is 0. The normalized spacial score (nSPS) is 17.0. The minimum absolute atomic E-state index is 0.153. The van der Waals surface area contributed by atoms with Gasteiger partial charge in [-0.2, -0.15) is 5.10 Å². The molecule has 0 N–H and O–H groups in total. The van der Waals surface area contributed by atoms with Crippen LogP contribution in [0.5, 0.6) is 5.75 Å². The van der Waals surface area contributed by atoms with Crippen LogP contribution in [-0.4, -0.2) is 45.1 Å². The van der Waals surface area contributed by atoms with Gasteiger partial charge in [0.15, 0.2) is 5.65 Å². The fraction of sp³-hybridized carbons (Fsp3) is 0.409. The fourth-order valence-electron chi connectivity index (χ4n) is 4.05. The van der Waals surface area contributed by atoms with Crippen LogP contribution in [0.1, 0.15) is 55.1 Å². The molecule has 1 aliphatic heterocycles. The van der Waals surface area contributed by atoms with Crippen molar-refractivity contribution in [3.63, 3.8) is 0 Å². The van der Waals surface area contributed by atoms with E-state index >= 15 is 0 Å². The van der Waals surface area contributed by atoms with Crippen LogP contribution in [0.3, 0.4) is 0 Å². The molecular formula is C22H24F2N4O2. The summed E-state index contributed by atoms with van der Waals surface area (Å²) < 4.78 is 33.8. The van der Waals surface area contributed by atoms with Crippen molar-refractivity contribution in [3.8, 4) is 17.0 Å². The maximum atomic E-state index is 13.8. The standard InChI is InChI=1S/C22H24F2N4O2/c1-3-15-6-4-5-11-27(15)22(29)17-13-25-28-19(20(23)24)12-18(26-21(17)28)14-7-9-16(30-2)10-8-14/h7-10,12-13,15,20H,3-6,11H2,1-2H3. The SMILES string of the molecule is CCC1CCCCN1C(=O)c1cnn2c(C(F)F)cc(-c3ccc(OC)cc3)nc12. The van der Waals surface area contributed by atoms with E-state index in [-0.39, 0.29) is 28.9 Å². The maximum absolute atomic E-state index is 13.8. The van der Waals surface area contributed by atoms with Gasteiger partial charge in [0.25, 0.3) is 12.3 Å². The van der Waals surface area contributed by atoms with Crippen LogP contribution in [0.25, 0.3) is 16.9 Å². The largest absolute Gasteiger partial charge is 0.497 e. The van der Waals surface area contributed by atoms with Crippen LogP contribution in [-0.2, 0) is 0 Å². The highest BCUT2D eigenvalue weighted by atomic mass is 19.3. The number of halogens is 2. The number of piperidine rings is 1. The molecule has 158 valence electrons. The molecule has 3 heterocycles. The topological polar surface area (TPSA) is 59.7 Å². The molecule has 0 spiro atoms. The summed E-state index contributed by atoms with van der Waals surface area (Å²) in [4.78, 5) is 19.7. The molecule has 1 aliphatic rings. The monoisotopic (exact) mass is 414 g/mol. The van der Waals surface area contributed by atoms with Gasteiger partial charge in [0, 0.05) is 18.2 Å². The fourth-order valence-corrected chi connectivity index (χ4v) is 4.05. The van der Waals surface area contributed by atoms with E-state index < -0.39 is 6.43 Å². The molecule has 0 bridgehead atoms. The number of hydrogen-bond donors (Lipinski definition) is 0. The number of rotatable bonds is 5. The zero-order valence-electron chi connectivity index (χ0n) is 17.0. The van der Waals surface area contributed by atoms with E-state index in [0.29, 0.717) is 23.6 Å². The quantitative estimate of drug-likeness (QED) is 0.605. The van der Waals surface area contributed by atoms with E-state index in [1.54, 1.807) is 31.4 Å². The zero-order chi connectivity index (χ0) is 21.3. The summed E-state index contributed by atoms with van der Waals surface area (Å²) in [6.07, 6.45) is 2.44. The third-order valence-corrected chi connectivity index (χ3v) is 5.70. The van der Waals surface area contributed by atoms with Gasteiger partial charge in [0.05, 0.1) is 19.0 Å². The number of methoxy groups -OCH3 is 1. The van der Waals surface area contributed by atoms with Crippen LogP contribution in [0.4, 0.5) is 8.78 Å². The van der Waals surface area contributed by atoms with Crippen LogP contribution in [0.2, 0.25) is 0 Å². The van der Waals surface area contributed by atoms with Crippen LogP contribution < -0.4 is 4.74 Å². The van der Waals surface area contributed by atoms with Crippen molar-refractivity contribution in [1.29, 1.82) is 0 Å². The van der Waals surface area contributed by atoms with Crippen molar-refractivity contribution < 1.29 is 18.3 Å². The van der Waals surface area contributed by atoms with E-state index in [4.69, 9.17) is 4.74 Å². The number of benzene rings is 1. The van der Waals surface area contributed by atoms with Gasteiger partial charge in [0.2, 0.25) is 0 Å². The number of fused-ring (bicyclic) bond motifs is 1. The number of alkyl halides is 2. The van der Waals surface area contributed by atoms with Gasteiger partial charge in [-0.25, -0.2) is 18.3 Å². The Balaban J connectivity index is 1.81. The summed E-state index contributed by atoms with van der Waals surface area (Å²) in [5, 5.41) is 4.08. The Morgan fingerprint density at radius 2 is 2.03 bits per heavy atom. The molecule has 1 aromatic carbocycles. The summed E-state index contributed by atoms with van der Waals surface area (Å²) in [5.41, 5.74) is 1.14.